The van der Waals surface area contributed by atoms with Crippen LogP contribution in [0.5, 0.6) is 0 Å². The molecule has 8 heteroatoms. The standard InChI is InChI=1S/C27H32N4O3S/c1-22-9-11-23(12-10-22)21-28-14-16-30(17-15-28)27(32)20-26-25-8-5-13-29(25)18-19-31(26)35(33,34)24-6-3-2-4-7-24/h2-13,26H,14-21H2,1H3. The van der Waals surface area contributed by atoms with E-state index in [0.717, 1.165) is 25.3 Å². The highest BCUT2D eigenvalue weighted by Crippen LogP contribution is 2.34. The molecule has 1 aromatic heterocycles. The van der Waals surface area contributed by atoms with Crippen LogP contribution in [0.15, 0.2) is 77.8 Å². The van der Waals surface area contributed by atoms with Crippen molar-refractivity contribution in [2.45, 2.75) is 37.4 Å². The number of hydrogen-bond donors (Lipinski definition) is 0. The van der Waals surface area contributed by atoms with Crippen molar-refractivity contribution in [3.63, 3.8) is 0 Å². The summed E-state index contributed by atoms with van der Waals surface area (Å²) in [6, 6.07) is 20.4. The normalized spacial score (nSPS) is 19.5. The number of benzene rings is 2. The van der Waals surface area contributed by atoms with Gasteiger partial charge in [0.05, 0.1) is 10.9 Å². The summed E-state index contributed by atoms with van der Waals surface area (Å²) in [4.78, 5) is 17.9. The van der Waals surface area contributed by atoms with Crippen molar-refractivity contribution in [3.8, 4) is 0 Å². The zero-order chi connectivity index (χ0) is 24.4. The molecule has 2 aliphatic rings. The van der Waals surface area contributed by atoms with E-state index in [0.29, 0.717) is 26.2 Å². The van der Waals surface area contributed by atoms with Gasteiger partial charge in [-0.15, -0.1) is 0 Å². The maximum Gasteiger partial charge on any atom is 0.243 e. The fourth-order valence-corrected chi connectivity index (χ4v) is 6.68. The predicted octanol–water partition coefficient (Wildman–Crippen LogP) is 3.28. The highest BCUT2D eigenvalue weighted by molar-refractivity contribution is 7.89. The highest BCUT2D eigenvalue weighted by Gasteiger charge is 2.38. The Kier molecular flexibility index (Phi) is 6.77. The van der Waals surface area contributed by atoms with Crippen LogP contribution in [0, 0.1) is 6.92 Å². The van der Waals surface area contributed by atoms with Gasteiger partial charge in [-0.2, -0.15) is 4.31 Å². The summed E-state index contributed by atoms with van der Waals surface area (Å²) in [6.45, 7) is 6.83. The van der Waals surface area contributed by atoms with Gasteiger partial charge >= 0.3 is 0 Å². The molecule has 3 heterocycles. The third-order valence-corrected chi connectivity index (χ3v) is 9.01. The number of sulfonamides is 1. The number of aryl methyl sites for hydroxylation is 1. The first-order valence-corrected chi connectivity index (χ1v) is 13.6. The summed E-state index contributed by atoms with van der Waals surface area (Å²) >= 11 is 0. The number of fused-ring (bicyclic) bond motifs is 1. The lowest BCUT2D eigenvalue weighted by Gasteiger charge is -2.38. The SMILES string of the molecule is Cc1ccc(CN2CCN(C(=O)CC3c4cccn4CCN3S(=O)(=O)c3ccccc3)CC2)cc1. The zero-order valence-electron chi connectivity index (χ0n) is 20.1. The lowest BCUT2D eigenvalue weighted by atomic mass is 10.1. The van der Waals surface area contributed by atoms with Gasteiger partial charge in [-0.25, -0.2) is 8.42 Å². The maximum atomic E-state index is 13.5. The number of piperazine rings is 1. The van der Waals surface area contributed by atoms with Gasteiger partial charge in [-0.1, -0.05) is 48.0 Å². The smallest absolute Gasteiger partial charge is 0.243 e. The van der Waals surface area contributed by atoms with Gasteiger partial charge in [0.15, 0.2) is 0 Å². The molecule has 1 unspecified atom stereocenters. The first kappa shape index (κ1) is 23.8. The first-order valence-electron chi connectivity index (χ1n) is 12.2. The van der Waals surface area contributed by atoms with Crippen molar-refractivity contribution in [3.05, 3.63) is 89.7 Å². The molecule has 0 radical (unpaired) electrons. The Hall–Kier alpha value is -2.94. The summed E-state index contributed by atoms with van der Waals surface area (Å²) < 4.78 is 30.6. The van der Waals surface area contributed by atoms with Gasteiger partial charge in [0.1, 0.15) is 0 Å². The topological polar surface area (TPSA) is 65.9 Å². The highest BCUT2D eigenvalue weighted by atomic mass is 32.2. The Balaban J connectivity index is 1.28. The molecule has 0 aliphatic carbocycles. The van der Waals surface area contributed by atoms with Crippen molar-refractivity contribution < 1.29 is 13.2 Å². The molecule has 1 amide bonds. The minimum Gasteiger partial charge on any atom is -0.349 e. The van der Waals surface area contributed by atoms with Crippen molar-refractivity contribution in [1.82, 2.24) is 18.7 Å². The summed E-state index contributed by atoms with van der Waals surface area (Å²) in [7, 11) is -3.71. The van der Waals surface area contributed by atoms with E-state index in [-0.39, 0.29) is 17.2 Å². The summed E-state index contributed by atoms with van der Waals surface area (Å²) in [5, 5.41) is 0. The van der Waals surface area contributed by atoms with E-state index in [4.69, 9.17) is 0 Å². The van der Waals surface area contributed by atoms with E-state index in [9.17, 15) is 13.2 Å². The van der Waals surface area contributed by atoms with Crippen molar-refractivity contribution in [2.24, 2.45) is 0 Å². The fourth-order valence-electron chi connectivity index (χ4n) is 5.07. The van der Waals surface area contributed by atoms with E-state index >= 15 is 0 Å². The Morgan fingerprint density at radius 2 is 1.57 bits per heavy atom. The minimum atomic E-state index is -3.71. The van der Waals surface area contributed by atoms with Crippen LogP contribution in [0.2, 0.25) is 0 Å². The van der Waals surface area contributed by atoms with E-state index < -0.39 is 16.1 Å². The molecule has 0 N–H and O–H groups in total. The van der Waals surface area contributed by atoms with E-state index in [1.807, 2.05) is 23.2 Å². The molecule has 184 valence electrons. The third-order valence-electron chi connectivity index (χ3n) is 7.08. The molecular formula is C27H32N4O3S. The van der Waals surface area contributed by atoms with Crippen LogP contribution in [0.4, 0.5) is 0 Å². The van der Waals surface area contributed by atoms with Crippen LogP contribution in [0.1, 0.15) is 29.3 Å². The Morgan fingerprint density at radius 3 is 2.29 bits per heavy atom. The van der Waals surface area contributed by atoms with E-state index in [1.165, 1.54) is 15.4 Å². The third kappa shape index (κ3) is 5.05. The average Bonchev–Trinajstić information content (AvgIpc) is 3.36. The second-order valence-corrected chi connectivity index (χ2v) is 11.3. The van der Waals surface area contributed by atoms with Crippen molar-refractivity contribution >= 4 is 15.9 Å². The molecule has 2 aliphatic heterocycles. The van der Waals surface area contributed by atoms with Crippen LogP contribution in [-0.2, 0) is 27.9 Å². The molecule has 1 atom stereocenters. The molecule has 1 saturated heterocycles. The number of aromatic nitrogens is 1. The zero-order valence-corrected chi connectivity index (χ0v) is 20.9. The van der Waals surface area contributed by atoms with E-state index in [1.54, 1.807) is 30.3 Å². The van der Waals surface area contributed by atoms with Crippen LogP contribution in [0.3, 0.4) is 0 Å². The Morgan fingerprint density at radius 1 is 0.857 bits per heavy atom. The molecule has 2 aromatic carbocycles. The monoisotopic (exact) mass is 492 g/mol. The van der Waals surface area contributed by atoms with Gasteiger partial charge in [0.25, 0.3) is 0 Å². The number of hydrogen-bond acceptors (Lipinski definition) is 4. The predicted molar refractivity (Wildman–Crippen MR) is 135 cm³/mol. The Labute approximate surface area is 207 Å². The fraction of sp³-hybridized carbons (Fsp3) is 0.370. The number of carbonyl (C=O) groups excluding carboxylic acids is 1. The quantitative estimate of drug-likeness (QED) is 0.530. The molecule has 3 aromatic rings. The average molecular weight is 493 g/mol. The maximum absolute atomic E-state index is 13.5. The van der Waals surface area contributed by atoms with Gasteiger partial charge in [-0.3, -0.25) is 9.69 Å². The summed E-state index contributed by atoms with van der Waals surface area (Å²) in [5.41, 5.74) is 3.41. The van der Waals surface area contributed by atoms with Crippen molar-refractivity contribution in [1.29, 1.82) is 0 Å². The molecule has 1 fully saturated rings. The molecule has 7 nitrogen and oxygen atoms in total. The van der Waals surface area contributed by atoms with E-state index in [2.05, 4.69) is 40.7 Å². The van der Waals surface area contributed by atoms with Gasteiger partial charge in [0, 0.05) is 64.1 Å². The second kappa shape index (κ2) is 9.97. The van der Waals surface area contributed by atoms with Crippen LogP contribution < -0.4 is 0 Å². The first-order chi connectivity index (χ1) is 16.9. The summed E-state index contributed by atoms with van der Waals surface area (Å²) in [6.07, 6.45) is 2.11. The number of rotatable bonds is 6. The van der Waals surface area contributed by atoms with Crippen molar-refractivity contribution in [2.75, 3.05) is 32.7 Å². The molecule has 0 spiro atoms. The molecule has 0 bridgehead atoms. The second-order valence-electron chi connectivity index (χ2n) is 9.42. The Bertz CT molecular complexity index is 1260. The van der Waals surface area contributed by atoms with Gasteiger partial charge in [-0.05, 0) is 36.8 Å². The largest absolute Gasteiger partial charge is 0.349 e. The van der Waals surface area contributed by atoms with Gasteiger partial charge in [0.2, 0.25) is 15.9 Å². The lowest BCUT2D eigenvalue weighted by Crippen LogP contribution is -2.50. The number of nitrogens with zero attached hydrogens (tertiary/aromatic N) is 4. The van der Waals surface area contributed by atoms with Crippen LogP contribution in [-0.4, -0.2) is 65.7 Å². The molecule has 5 rings (SSSR count). The minimum absolute atomic E-state index is 0.00731. The molecule has 35 heavy (non-hydrogen) atoms. The lowest BCUT2D eigenvalue weighted by molar-refractivity contribution is -0.134. The number of carbonyl (C=O) groups is 1. The van der Waals surface area contributed by atoms with Gasteiger partial charge < -0.3 is 9.47 Å². The van der Waals surface area contributed by atoms with Crippen LogP contribution >= 0.6 is 0 Å². The molecule has 0 saturated carbocycles. The van der Waals surface area contributed by atoms with Crippen LogP contribution in [0.25, 0.3) is 0 Å². The number of amides is 1. The summed E-state index contributed by atoms with van der Waals surface area (Å²) in [5.74, 6) is 0.00731. The molecular weight excluding hydrogens is 460 g/mol.